The predicted octanol–water partition coefficient (Wildman–Crippen LogP) is 1.16. The molecule has 1 heterocycles. The number of hydrogen-bond donors (Lipinski definition) is 0. The van der Waals surface area contributed by atoms with Gasteiger partial charge in [0.2, 0.25) is 5.91 Å². The van der Waals surface area contributed by atoms with Gasteiger partial charge in [-0.2, -0.15) is 0 Å². The molecule has 0 saturated carbocycles. The van der Waals surface area contributed by atoms with E-state index in [0.717, 1.165) is 0 Å². The van der Waals surface area contributed by atoms with Gasteiger partial charge in [-0.1, -0.05) is 11.6 Å². The van der Waals surface area contributed by atoms with Crippen molar-refractivity contribution < 1.29 is 14.5 Å². The van der Waals surface area contributed by atoms with Crippen LogP contribution in [0.5, 0.6) is 0 Å². The molecule has 1 aliphatic rings. The molecule has 8 heteroatoms. The lowest BCUT2D eigenvalue weighted by Gasteiger charge is -2.31. The highest BCUT2D eigenvalue weighted by atomic mass is 35.5. The molecule has 1 aliphatic heterocycles. The molecule has 0 bridgehead atoms. The van der Waals surface area contributed by atoms with Crippen LogP contribution in [-0.4, -0.2) is 53.2 Å². The third kappa shape index (κ3) is 2.72. The first-order chi connectivity index (χ1) is 9.40. The van der Waals surface area contributed by atoms with Gasteiger partial charge in [0.1, 0.15) is 12.1 Å². The van der Waals surface area contributed by atoms with E-state index >= 15 is 0 Å². The number of amides is 2. The number of nitro benzene ring substituents is 1. The molecule has 0 aromatic heterocycles. The highest BCUT2D eigenvalue weighted by Gasteiger charge is 2.29. The lowest BCUT2D eigenvalue weighted by atomic mass is 10.1. The highest BCUT2D eigenvalue weighted by molar-refractivity contribution is 6.31. The second-order valence-corrected chi connectivity index (χ2v) is 4.90. The van der Waals surface area contributed by atoms with Crippen LogP contribution in [0.15, 0.2) is 18.2 Å². The number of piperazine rings is 1. The molecule has 0 N–H and O–H groups in total. The molecule has 1 aromatic rings. The Kier molecular flexibility index (Phi) is 3.89. The quantitative estimate of drug-likeness (QED) is 0.606. The van der Waals surface area contributed by atoms with Crippen LogP contribution in [0.1, 0.15) is 10.4 Å². The van der Waals surface area contributed by atoms with E-state index in [1.807, 2.05) is 0 Å². The number of nitrogens with zero attached hydrogens (tertiary/aromatic N) is 3. The van der Waals surface area contributed by atoms with Gasteiger partial charge in [-0.25, -0.2) is 0 Å². The van der Waals surface area contributed by atoms with Crippen molar-refractivity contribution in [1.82, 2.24) is 9.80 Å². The van der Waals surface area contributed by atoms with E-state index in [4.69, 9.17) is 11.6 Å². The van der Waals surface area contributed by atoms with Crippen molar-refractivity contribution in [3.63, 3.8) is 0 Å². The Bertz CT molecular complexity index is 590. The Balaban J connectivity index is 2.31. The molecule has 0 aliphatic carbocycles. The van der Waals surface area contributed by atoms with Gasteiger partial charge in [0.25, 0.3) is 11.6 Å². The molecule has 0 atom stereocenters. The summed E-state index contributed by atoms with van der Waals surface area (Å²) in [5.74, 6) is -0.755. The van der Waals surface area contributed by atoms with Gasteiger partial charge in [0.05, 0.1) is 4.92 Å². The summed E-state index contributed by atoms with van der Waals surface area (Å²) in [5, 5.41) is 11.2. The Morgan fingerprint density at radius 2 is 2.10 bits per heavy atom. The van der Waals surface area contributed by atoms with Crippen molar-refractivity contribution in [2.24, 2.45) is 0 Å². The molecule has 0 spiro atoms. The van der Waals surface area contributed by atoms with Crippen LogP contribution in [0.2, 0.25) is 5.02 Å². The van der Waals surface area contributed by atoms with Crippen LogP contribution >= 0.6 is 11.6 Å². The Hall–Kier alpha value is -2.15. The average molecular weight is 298 g/mol. The van der Waals surface area contributed by atoms with Crippen LogP contribution in [0.25, 0.3) is 0 Å². The van der Waals surface area contributed by atoms with Gasteiger partial charge in [-0.3, -0.25) is 19.7 Å². The minimum atomic E-state index is -0.637. The van der Waals surface area contributed by atoms with E-state index in [1.54, 1.807) is 7.05 Å². The minimum Gasteiger partial charge on any atom is -0.342 e. The molecular weight excluding hydrogens is 286 g/mol. The van der Waals surface area contributed by atoms with Crippen molar-refractivity contribution >= 4 is 29.1 Å². The maximum absolute atomic E-state index is 12.3. The lowest BCUT2D eigenvalue weighted by molar-refractivity contribution is -0.385. The Labute approximate surface area is 119 Å². The summed E-state index contributed by atoms with van der Waals surface area (Å²) in [7, 11) is 1.64. The summed E-state index contributed by atoms with van der Waals surface area (Å²) >= 11 is 5.79. The normalized spacial score (nSPS) is 15.4. The summed E-state index contributed by atoms with van der Waals surface area (Å²) in [6.07, 6.45) is 0. The van der Waals surface area contributed by atoms with Crippen LogP contribution in [0.4, 0.5) is 5.69 Å². The molecule has 1 saturated heterocycles. The van der Waals surface area contributed by atoms with E-state index in [2.05, 4.69) is 0 Å². The molecule has 106 valence electrons. The number of benzene rings is 1. The zero-order valence-electron chi connectivity index (χ0n) is 10.7. The fourth-order valence-electron chi connectivity index (χ4n) is 1.94. The van der Waals surface area contributed by atoms with Crippen molar-refractivity contribution in [3.05, 3.63) is 38.9 Å². The van der Waals surface area contributed by atoms with Crippen molar-refractivity contribution in [1.29, 1.82) is 0 Å². The molecule has 0 unspecified atom stereocenters. The maximum atomic E-state index is 12.3. The molecule has 2 amide bonds. The summed E-state index contributed by atoms with van der Waals surface area (Å²) in [5.41, 5.74) is -0.411. The van der Waals surface area contributed by atoms with E-state index in [0.29, 0.717) is 13.1 Å². The SMILES string of the molecule is CN1CCN(C(=O)c2cc(Cl)ccc2[N+](=O)[O-])CC1=O. The third-order valence-corrected chi connectivity index (χ3v) is 3.37. The number of halogens is 1. The maximum Gasteiger partial charge on any atom is 0.282 e. The van der Waals surface area contributed by atoms with Gasteiger partial charge in [-0.15, -0.1) is 0 Å². The summed E-state index contributed by atoms with van der Waals surface area (Å²) < 4.78 is 0. The number of likely N-dealkylation sites (N-methyl/N-ethyl adjacent to an activating group) is 1. The molecule has 2 rings (SSSR count). The van der Waals surface area contributed by atoms with Crippen LogP contribution in [-0.2, 0) is 4.79 Å². The summed E-state index contributed by atoms with van der Waals surface area (Å²) in [6.45, 7) is 0.655. The van der Waals surface area contributed by atoms with Gasteiger partial charge >= 0.3 is 0 Å². The van der Waals surface area contributed by atoms with Gasteiger partial charge < -0.3 is 9.80 Å². The van der Waals surface area contributed by atoms with Gasteiger partial charge in [0, 0.05) is 31.2 Å². The first-order valence-electron chi connectivity index (χ1n) is 5.87. The fourth-order valence-corrected chi connectivity index (χ4v) is 2.11. The minimum absolute atomic E-state index is 0.0843. The zero-order chi connectivity index (χ0) is 14.9. The van der Waals surface area contributed by atoms with Crippen LogP contribution in [0.3, 0.4) is 0 Å². The zero-order valence-corrected chi connectivity index (χ0v) is 11.5. The van der Waals surface area contributed by atoms with Crippen molar-refractivity contribution in [2.75, 3.05) is 26.7 Å². The second-order valence-electron chi connectivity index (χ2n) is 4.46. The molecular formula is C12H12ClN3O4. The molecule has 20 heavy (non-hydrogen) atoms. The smallest absolute Gasteiger partial charge is 0.282 e. The average Bonchev–Trinajstić information content (AvgIpc) is 2.40. The third-order valence-electron chi connectivity index (χ3n) is 3.13. The topological polar surface area (TPSA) is 83.8 Å². The van der Waals surface area contributed by atoms with Crippen LogP contribution < -0.4 is 0 Å². The molecule has 0 radical (unpaired) electrons. The monoisotopic (exact) mass is 297 g/mol. The van der Waals surface area contributed by atoms with E-state index in [9.17, 15) is 19.7 Å². The number of rotatable bonds is 2. The first kappa shape index (κ1) is 14.3. The summed E-state index contributed by atoms with van der Waals surface area (Å²) in [6, 6.07) is 3.80. The lowest BCUT2D eigenvalue weighted by Crippen LogP contribution is -2.50. The van der Waals surface area contributed by atoms with Crippen molar-refractivity contribution in [2.45, 2.75) is 0 Å². The summed E-state index contributed by atoms with van der Waals surface area (Å²) in [4.78, 5) is 37.0. The van der Waals surface area contributed by atoms with Crippen LogP contribution in [0, 0.1) is 10.1 Å². The molecule has 1 fully saturated rings. The van der Waals surface area contributed by atoms with Crippen molar-refractivity contribution in [3.8, 4) is 0 Å². The predicted molar refractivity (Wildman–Crippen MR) is 71.6 cm³/mol. The number of nitro groups is 1. The molecule has 7 nitrogen and oxygen atoms in total. The second kappa shape index (κ2) is 5.46. The number of hydrogen-bond acceptors (Lipinski definition) is 4. The Morgan fingerprint density at radius 1 is 1.40 bits per heavy atom. The number of carbonyl (C=O) groups excluding carboxylic acids is 2. The van der Waals surface area contributed by atoms with E-state index < -0.39 is 10.8 Å². The van der Waals surface area contributed by atoms with Gasteiger partial charge in [0.15, 0.2) is 0 Å². The Morgan fingerprint density at radius 3 is 2.70 bits per heavy atom. The van der Waals surface area contributed by atoms with E-state index in [1.165, 1.54) is 28.0 Å². The van der Waals surface area contributed by atoms with Gasteiger partial charge in [-0.05, 0) is 12.1 Å². The largest absolute Gasteiger partial charge is 0.342 e. The highest BCUT2D eigenvalue weighted by Crippen LogP contribution is 2.24. The molecule has 1 aromatic carbocycles. The first-order valence-corrected chi connectivity index (χ1v) is 6.25. The standard InChI is InChI=1S/C12H12ClN3O4/c1-14-4-5-15(7-11(14)17)12(18)9-6-8(13)2-3-10(9)16(19)20/h2-3,6H,4-5,7H2,1H3. The number of carbonyl (C=O) groups is 2. The van der Waals surface area contributed by atoms with E-state index in [-0.39, 0.29) is 28.7 Å². The fraction of sp³-hybridized carbons (Fsp3) is 0.333.